The zero-order chi connectivity index (χ0) is 20.8. The van der Waals surface area contributed by atoms with Gasteiger partial charge in [0, 0.05) is 5.56 Å². The molecule has 8 heteroatoms. The van der Waals surface area contributed by atoms with E-state index in [-0.39, 0.29) is 11.8 Å². The van der Waals surface area contributed by atoms with Crippen molar-refractivity contribution >= 4 is 12.6 Å². The second kappa shape index (κ2) is 8.98. The summed E-state index contributed by atoms with van der Waals surface area (Å²) < 4.78 is 75.6. The van der Waals surface area contributed by atoms with E-state index in [1.165, 1.54) is 24.3 Å². The molecule has 28 heavy (non-hydrogen) atoms. The van der Waals surface area contributed by atoms with Gasteiger partial charge in [0.05, 0.1) is 5.56 Å². The Kier molecular flexibility index (Phi) is 6.70. The number of carbonyl (C=O) groups excluding carboxylic acids is 2. The van der Waals surface area contributed by atoms with Crippen LogP contribution < -0.4 is 0 Å². The molecule has 0 aliphatic carbocycles. The average Bonchev–Trinajstić information content (AvgIpc) is 2.70. The van der Waals surface area contributed by atoms with Crippen molar-refractivity contribution in [1.29, 1.82) is 0 Å². The first-order valence-corrected chi connectivity index (χ1v) is 7.57. The van der Waals surface area contributed by atoms with Crippen molar-refractivity contribution in [3.63, 3.8) is 0 Å². The minimum Gasteiger partial charge on any atom is -0.298 e. The summed E-state index contributed by atoms with van der Waals surface area (Å²) >= 11 is 0. The van der Waals surface area contributed by atoms with E-state index in [9.17, 15) is 35.9 Å². The van der Waals surface area contributed by atoms with Gasteiger partial charge < -0.3 is 0 Å². The number of hydrogen-bond acceptors (Lipinski definition) is 2. The lowest BCUT2D eigenvalue weighted by molar-refractivity contribution is 0.111. The molecule has 0 aromatic heterocycles. The Bertz CT molecular complexity index is 993. The molecular weight excluding hydrogens is 386 g/mol. The quantitative estimate of drug-likeness (QED) is 0.333. The molecule has 0 radical (unpaired) electrons. The van der Waals surface area contributed by atoms with E-state index in [2.05, 4.69) is 0 Å². The fourth-order valence-electron chi connectivity index (χ4n) is 2.11. The second-order valence-electron chi connectivity index (χ2n) is 5.38. The van der Waals surface area contributed by atoms with Crippen LogP contribution in [0.2, 0.25) is 0 Å². The van der Waals surface area contributed by atoms with Gasteiger partial charge >= 0.3 is 0 Å². The van der Waals surface area contributed by atoms with Gasteiger partial charge in [0.2, 0.25) is 0 Å². The van der Waals surface area contributed by atoms with Gasteiger partial charge in [0.1, 0.15) is 6.29 Å². The fraction of sp³-hybridized carbons (Fsp3) is 0. The molecule has 0 aliphatic rings. The van der Waals surface area contributed by atoms with Crippen molar-refractivity contribution in [2.24, 2.45) is 0 Å². The van der Waals surface area contributed by atoms with Crippen LogP contribution in [0.15, 0.2) is 48.5 Å². The molecule has 0 saturated heterocycles. The predicted molar refractivity (Wildman–Crippen MR) is 88.8 cm³/mol. The van der Waals surface area contributed by atoms with Gasteiger partial charge in [-0.15, -0.1) is 0 Å². The lowest BCUT2D eigenvalue weighted by atomic mass is 10.0. The van der Waals surface area contributed by atoms with E-state index in [0.717, 1.165) is 18.2 Å². The summed E-state index contributed by atoms with van der Waals surface area (Å²) in [5, 5.41) is 0. The van der Waals surface area contributed by atoms with Crippen LogP contribution in [0.3, 0.4) is 0 Å². The highest BCUT2D eigenvalue weighted by Crippen LogP contribution is 2.23. The van der Waals surface area contributed by atoms with Crippen LogP contribution in [0.5, 0.6) is 0 Å². The topological polar surface area (TPSA) is 34.1 Å². The molecule has 0 N–H and O–H groups in total. The fourth-order valence-corrected chi connectivity index (χ4v) is 2.11. The highest BCUT2D eigenvalue weighted by Gasteiger charge is 2.12. The Morgan fingerprint density at radius 3 is 1.61 bits per heavy atom. The average molecular weight is 396 g/mol. The zero-order valence-electron chi connectivity index (χ0n) is 13.9. The minimum absolute atomic E-state index is 0.123. The predicted octanol–water partition coefficient (Wildman–Crippen LogP) is 5.50. The van der Waals surface area contributed by atoms with Gasteiger partial charge in [-0.1, -0.05) is 24.3 Å². The first-order valence-electron chi connectivity index (χ1n) is 7.57. The van der Waals surface area contributed by atoms with Gasteiger partial charge in [-0.3, -0.25) is 9.59 Å². The lowest BCUT2D eigenvalue weighted by Crippen LogP contribution is -1.95. The van der Waals surface area contributed by atoms with Crippen LogP contribution in [0.1, 0.15) is 20.7 Å². The summed E-state index contributed by atoms with van der Waals surface area (Å²) in [6, 6.07) is 9.50. The Morgan fingerprint density at radius 1 is 0.536 bits per heavy atom. The van der Waals surface area contributed by atoms with Crippen LogP contribution in [0.25, 0.3) is 11.1 Å². The molecule has 0 aliphatic heterocycles. The number of carbonyl (C=O) groups is 2. The molecule has 3 aromatic rings. The van der Waals surface area contributed by atoms with Crippen LogP contribution in [0.4, 0.5) is 26.3 Å². The van der Waals surface area contributed by atoms with E-state index in [0.29, 0.717) is 23.5 Å². The number of benzene rings is 3. The largest absolute Gasteiger partial charge is 0.298 e. The molecule has 0 saturated carbocycles. The maximum Gasteiger partial charge on any atom is 0.195 e. The van der Waals surface area contributed by atoms with Crippen LogP contribution in [-0.4, -0.2) is 12.6 Å². The summed E-state index contributed by atoms with van der Waals surface area (Å²) in [5.41, 5.74) is 0.702. The van der Waals surface area contributed by atoms with Crippen molar-refractivity contribution in [2.45, 2.75) is 0 Å². The van der Waals surface area contributed by atoms with Crippen LogP contribution >= 0.6 is 0 Å². The monoisotopic (exact) mass is 396 g/mol. The molecule has 144 valence electrons. The molecule has 2 nitrogen and oxygen atoms in total. The summed E-state index contributed by atoms with van der Waals surface area (Å²) in [7, 11) is 0. The molecule has 0 atom stereocenters. The van der Waals surface area contributed by atoms with Crippen molar-refractivity contribution < 1.29 is 35.9 Å². The summed E-state index contributed by atoms with van der Waals surface area (Å²) in [6.07, 6.45) is 0.785. The van der Waals surface area contributed by atoms with Crippen molar-refractivity contribution in [2.75, 3.05) is 0 Å². The Balaban J connectivity index is 0.000000221. The van der Waals surface area contributed by atoms with E-state index in [1.54, 1.807) is 0 Å². The van der Waals surface area contributed by atoms with E-state index < -0.39 is 40.5 Å². The van der Waals surface area contributed by atoms with Crippen LogP contribution in [0, 0.1) is 34.9 Å². The first kappa shape index (κ1) is 20.9. The Hall–Kier alpha value is -3.42. The first-order chi connectivity index (χ1) is 13.3. The normalized spacial score (nSPS) is 10.1. The highest BCUT2D eigenvalue weighted by molar-refractivity contribution is 5.77. The van der Waals surface area contributed by atoms with E-state index in [4.69, 9.17) is 0 Å². The molecule has 0 bridgehead atoms. The van der Waals surface area contributed by atoms with Gasteiger partial charge in [0.25, 0.3) is 0 Å². The van der Waals surface area contributed by atoms with Crippen molar-refractivity contribution in [1.82, 2.24) is 0 Å². The number of hydrogen-bond donors (Lipinski definition) is 0. The third-order valence-corrected chi connectivity index (χ3v) is 3.56. The summed E-state index contributed by atoms with van der Waals surface area (Å²) in [5.74, 6) is -8.32. The third-order valence-electron chi connectivity index (χ3n) is 3.56. The van der Waals surface area contributed by atoms with Crippen LogP contribution in [-0.2, 0) is 0 Å². The molecule has 0 unspecified atom stereocenters. The zero-order valence-corrected chi connectivity index (χ0v) is 13.9. The Labute approximate surface area is 155 Å². The minimum atomic E-state index is -1.62. The van der Waals surface area contributed by atoms with E-state index >= 15 is 0 Å². The molecular formula is C20H10F6O2. The van der Waals surface area contributed by atoms with E-state index in [1.807, 2.05) is 0 Å². The molecule has 0 spiro atoms. The molecule has 0 fully saturated rings. The highest BCUT2D eigenvalue weighted by atomic mass is 19.2. The van der Waals surface area contributed by atoms with Gasteiger partial charge in [-0.25, -0.2) is 26.3 Å². The standard InChI is InChI=1S/C13H7F3O.C7H3F3O/c14-11-5-10(6-12(15)13(11)16)9-3-1-8(7-17)2-4-9;8-5-2-1-4(3-11)6(9)7(5)10/h1-7H;1-3H. The Morgan fingerprint density at radius 2 is 1.11 bits per heavy atom. The van der Waals surface area contributed by atoms with Gasteiger partial charge in [-0.2, -0.15) is 0 Å². The molecule has 0 amide bonds. The van der Waals surface area contributed by atoms with Crippen molar-refractivity contribution in [3.8, 4) is 11.1 Å². The maximum atomic E-state index is 13.0. The maximum absolute atomic E-state index is 13.0. The molecule has 3 rings (SSSR count). The summed E-state index contributed by atoms with van der Waals surface area (Å²) in [6.45, 7) is 0. The summed E-state index contributed by atoms with van der Waals surface area (Å²) in [4.78, 5) is 20.4. The lowest BCUT2D eigenvalue weighted by Gasteiger charge is -2.03. The molecule has 0 heterocycles. The molecule has 3 aromatic carbocycles. The van der Waals surface area contributed by atoms with Crippen molar-refractivity contribution in [3.05, 3.63) is 94.6 Å². The number of aldehydes is 2. The third kappa shape index (κ3) is 4.64. The van der Waals surface area contributed by atoms with Gasteiger partial charge in [0.15, 0.2) is 41.2 Å². The smallest absolute Gasteiger partial charge is 0.195 e. The SMILES string of the molecule is O=Cc1ccc(-c2cc(F)c(F)c(F)c2)cc1.O=Cc1ccc(F)c(F)c1F. The number of halogens is 6. The van der Waals surface area contributed by atoms with Gasteiger partial charge in [-0.05, 0) is 35.4 Å². The second-order valence-corrected chi connectivity index (χ2v) is 5.38. The number of rotatable bonds is 3.